The Morgan fingerprint density at radius 1 is 1.22 bits per heavy atom. The highest BCUT2D eigenvalue weighted by molar-refractivity contribution is 7.18. The van der Waals surface area contributed by atoms with Crippen molar-refractivity contribution in [2.45, 2.75) is 37.9 Å². The summed E-state index contributed by atoms with van der Waals surface area (Å²) in [6.45, 7) is 4.99. The summed E-state index contributed by atoms with van der Waals surface area (Å²) in [7, 11) is 0. The maximum Gasteiger partial charge on any atom is 0.393 e. The van der Waals surface area contributed by atoms with Crippen LogP contribution in [0.5, 0.6) is 0 Å². The first kappa shape index (κ1) is 18.9. The number of halogens is 3. The summed E-state index contributed by atoms with van der Waals surface area (Å²) in [5.74, 6) is 1.51. The van der Waals surface area contributed by atoms with Crippen LogP contribution >= 0.6 is 11.3 Å². The molecular formula is C18H24F3N5S. The fourth-order valence-electron chi connectivity index (χ4n) is 3.77. The minimum absolute atomic E-state index is 0.294. The van der Waals surface area contributed by atoms with Gasteiger partial charge < -0.3 is 15.5 Å². The molecule has 0 amide bonds. The fraction of sp³-hybridized carbons (Fsp3) is 0.667. The number of hydrogen-bond donors (Lipinski definition) is 2. The van der Waals surface area contributed by atoms with Gasteiger partial charge in [-0.15, -0.1) is 11.3 Å². The molecule has 2 aliphatic heterocycles. The van der Waals surface area contributed by atoms with E-state index in [4.69, 9.17) is 0 Å². The summed E-state index contributed by atoms with van der Waals surface area (Å²) < 4.78 is 38.2. The SMILES string of the molecule is FC(F)(F)Cc1cc2c(N3CCC[C@@H](NCC4CNC4)CC3)ncnc2s1. The van der Waals surface area contributed by atoms with Gasteiger partial charge in [-0.05, 0) is 31.2 Å². The van der Waals surface area contributed by atoms with Gasteiger partial charge in [0.05, 0.1) is 11.8 Å². The van der Waals surface area contributed by atoms with Crippen LogP contribution in [0.4, 0.5) is 19.0 Å². The highest BCUT2D eigenvalue weighted by Gasteiger charge is 2.29. The number of rotatable bonds is 5. The summed E-state index contributed by atoms with van der Waals surface area (Å²) in [4.78, 5) is 11.7. The quantitative estimate of drug-likeness (QED) is 0.810. The van der Waals surface area contributed by atoms with Gasteiger partial charge in [0.15, 0.2) is 0 Å². The molecular weight excluding hydrogens is 375 g/mol. The second kappa shape index (κ2) is 7.89. The predicted molar refractivity (Wildman–Crippen MR) is 101 cm³/mol. The first-order valence-corrected chi connectivity index (χ1v) is 10.3. The van der Waals surface area contributed by atoms with E-state index in [1.54, 1.807) is 6.07 Å². The van der Waals surface area contributed by atoms with Crippen molar-refractivity contribution in [2.24, 2.45) is 5.92 Å². The Morgan fingerprint density at radius 3 is 2.81 bits per heavy atom. The molecule has 0 unspecified atom stereocenters. The van der Waals surface area contributed by atoms with Gasteiger partial charge >= 0.3 is 6.18 Å². The molecule has 2 aromatic heterocycles. The third-order valence-electron chi connectivity index (χ3n) is 5.32. The molecule has 2 saturated heterocycles. The van der Waals surface area contributed by atoms with Crippen LogP contribution in [0.2, 0.25) is 0 Å². The summed E-state index contributed by atoms with van der Waals surface area (Å²) in [5.41, 5.74) is 0. The van der Waals surface area contributed by atoms with Crippen LogP contribution in [0.15, 0.2) is 12.4 Å². The van der Waals surface area contributed by atoms with Crippen LogP contribution in [0, 0.1) is 5.92 Å². The van der Waals surface area contributed by atoms with E-state index in [1.807, 2.05) is 0 Å². The van der Waals surface area contributed by atoms with E-state index in [2.05, 4.69) is 25.5 Å². The van der Waals surface area contributed by atoms with E-state index in [9.17, 15) is 13.2 Å². The van der Waals surface area contributed by atoms with Crippen molar-refractivity contribution in [3.63, 3.8) is 0 Å². The number of hydrogen-bond acceptors (Lipinski definition) is 6. The van der Waals surface area contributed by atoms with E-state index < -0.39 is 12.6 Å². The molecule has 1 atom stereocenters. The Morgan fingerprint density at radius 2 is 2.07 bits per heavy atom. The van der Waals surface area contributed by atoms with Crippen molar-refractivity contribution in [1.29, 1.82) is 0 Å². The zero-order chi connectivity index (χ0) is 18.9. The maximum absolute atomic E-state index is 12.7. The van der Waals surface area contributed by atoms with Gasteiger partial charge in [0.2, 0.25) is 0 Å². The monoisotopic (exact) mass is 399 g/mol. The minimum atomic E-state index is -4.20. The lowest BCUT2D eigenvalue weighted by Crippen LogP contribution is -2.49. The van der Waals surface area contributed by atoms with E-state index in [0.29, 0.717) is 15.7 Å². The standard InChI is InChI=1S/C18H24F3N5S/c19-18(20,21)7-14-6-15-16(24-11-25-17(15)27-14)26-4-1-2-13(3-5-26)23-10-12-8-22-9-12/h6,11-13,22-23H,1-5,7-10H2/t13-/m1/s1. The first-order chi connectivity index (χ1) is 13.0. The van der Waals surface area contributed by atoms with E-state index >= 15 is 0 Å². The lowest BCUT2D eigenvalue weighted by Gasteiger charge is -2.29. The lowest BCUT2D eigenvalue weighted by atomic mass is 10.0. The Balaban J connectivity index is 1.45. The molecule has 4 heterocycles. The fourth-order valence-corrected chi connectivity index (χ4v) is 4.79. The molecule has 5 nitrogen and oxygen atoms in total. The van der Waals surface area contributed by atoms with Crippen LogP contribution in [-0.2, 0) is 6.42 Å². The van der Waals surface area contributed by atoms with Crippen molar-refractivity contribution in [1.82, 2.24) is 20.6 Å². The molecule has 0 radical (unpaired) electrons. The number of aromatic nitrogens is 2. The second-order valence-electron chi connectivity index (χ2n) is 7.47. The predicted octanol–water partition coefficient (Wildman–Crippen LogP) is 2.96. The summed E-state index contributed by atoms with van der Waals surface area (Å²) in [6, 6.07) is 2.11. The van der Waals surface area contributed by atoms with Gasteiger partial charge in [0, 0.05) is 43.6 Å². The summed E-state index contributed by atoms with van der Waals surface area (Å²) in [5, 5.41) is 7.72. The van der Waals surface area contributed by atoms with Gasteiger partial charge in [0.1, 0.15) is 17.0 Å². The highest BCUT2D eigenvalue weighted by Crippen LogP contribution is 2.34. The molecule has 4 rings (SSSR count). The average molecular weight is 399 g/mol. The third kappa shape index (κ3) is 4.70. The third-order valence-corrected chi connectivity index (χ3v) is 6.37. The number of nitrogens with one attached hydrogen (secondary N) is 2. The molecule has 0 saturated carbocycles. The molecule has 148 valence electrons. The van der Waals surface area contributed by atoms with E-state index in [0.717, 1.165) is 80.4 Å². The van der Waals surface area contributed by atoms with Crippen LogP contribution < -0.4 is 15.5 Å². The molecule has 2 N–H and O–H groups in total. The largest absolute Gasteiger partial charge is 0.393 e. The van der Waals surface area contributed by atoms with Crippen molar-refractivity contribution in [2.75, 3.05) is 37.6 Å². The molecule has 0 bridgehead atoms. The highest BCUT2D eigenvalue weighted by atomic mass is 32.1. The molecule has 0 aliphatic carbocycles. The molecule has 27 heavy (non-hydrogen) atoms. The first-order valence-electron chi connectivity index (χ1n) is 9.47. The summed E-state index contributed by atoms with van der Waals surface area (Å²) in [6.07, 6.45) is -0.457. The number of thiophene rings is 1. The number of fused-ring (bicyclic) bond motifs is 1. The average Bonchev–Trinajstić information content (AvgIpc) is 2.80. The topological polar surface area (TPSA) is 53.1 Å². The van der Waals surface area contributed by atoms with E-state index in [1.165, 1.54) is 6.33 Å². The molecule has 0 spiro atoms. The van der Waals surface area contributed by atoms with E-state index in [-0.39, 0.29) is 0 Å². The van der Waals surface area contributed by atoms with Crippen molar-refractivity contribution in [3.05, 3.63) is 17.3 Å². The number of anilines is 1. The zero-order valence-corrected chi connectivity index (χ0v) is 15.9. The Bertz CT molecular complexity index is 774. The molecule has 9 heteroatoms. The minimum Gasteiger partial charge on any atom is -0.356 e. The van der Waals surface area contributed by atoms with Crippen LogP contribution in [-0.4, -0.2) is 54.9 Å². The van der Waals surface area contributed by atoms with Gasteiger partial charge in [-0.1, -0.05) is 0 Å². The molecule has 0 aromatic carbocycles. The van der Waals surface area contributed by atoms with Gasteiger partial charge in [0.25, 0.3) is 0 Å². The van der Waals surface area contributed by atoms with Crippen molar-refractivity contribution < 1.29 is 13.2 Å². The Hall–Kier alpha value is -1.45. The lowest BCUT2D eigenvalue weighted by molar-refractivity contribution is -0.126. The van der Waals surface area contributed by atoms with Gasteiger partial charge in [-0.3, -0.25) is 0 Å². The Labute approximate surface area is 160 Å². The molecule has 2 aliphatic rings. The maximum atomic E-state index is 12.7. The normalized spacial score (nSPS) is 22.0. The van der Waals surface area contributed by atoms with Gasteiger partial charge in [-0.2, -0.15) is 13.2 Å². The van der Waals surface area contributed by atoms with Crippen LogP contribution in [0.25, 0.3) is 10.2 Å². The van der Waals surface area contributed by atoms with Crippen LogP contribution in [0.1, 0.15) is 24.1 Å². The van der Waals surface area contributed by atoms with Crippen LogP contribution in [0.3, 0.4) is 0 Å². The summed E-state index contributed by atoms with van der Waals surface area (Å²) >= 11 is 1.11. The Kier molecular flexibility index (Phi) is 5.52. The number of alkyl halides is 3. The van der Waals surface area contributed by atoms with Crippen molar-refractivity contribution in [3.8, 4) is 0 Å². The molecule has 2 aromatic rings. The zero-order valence-electron chi connectivity index (χ0n) is 15.1. The second-order valence-corrected chi connectivity index (χ2v) is 8.58. The number of nitrogens with zero attached hydrogens (tertiary/aromatic N) is 3. The van der Waals surface area contributed by atoms with Crippen molar-refractivity contribution >= 4 is 27.4 Å². The smallest absolute Gasteiger partial charge is 0.356 e. The molecule has 2 fully saturated rings. The van der Waals surface area contributed by atoms with Gasteiger partial charge in [-0.25, -0.2) is 9.97 Å².